The molecule has 5 aliphatic carbocycles. The van der Waals surface area contributed by atoms with Gasteiger partial charge in [0.15, 0.2) is 5.78 Å². The fraction of sp³-hybridized carbons (Fsp3) is 0.919. The second-order valence-electron chi connectivity index (χ2n) is 18.4. The second-order valence-corrected chi connectivity index (χ2v) is 18.4. The number of carbonyl (C=O) groups excluding carboxylic acids is 1. The highest BCUT2D eigenvalue weighted by molar-refractivity contribution is 6.00. The van der Waals surface area contributed by atoms with Crippen LogP contribution in [-0.2, 0) is 9.53 Å². The van der Waals surface area contributed by atoms with Crippen molar-refractivity contribution in [3.8, 4) is 0 Å². The van der Waals surface area contributed by atoms with E-state index in [4.69, 9.17) is 10.5 Å². The lowest BCUT2D eigenvalue weighted by molar-refractivity contribution is -0.699. The lowest BCUT2D eigenvalue weighted by atomic mass is 9.42. The average Bonchev–Trinajstić information content (AvgIpc) is 3.75. The van der Waals surface area contributed by atoms with E-state index in [2.05, 4.69) is 33.0 Å². The molecular weight excluding hydrogens is 568 g/mol. The number of hydrogen-bond acceptors (Lipinski definition) is 7. The fourth-order valence-electron chi connectivity index (χ4n) is 12.4. The highest BCUT2D eigenvalue weighted by atomic mass is 16.6. The van der Waals surface area contributed by atoms with Gasteiger partial charge >= 0.3 is 0 Å². The van der Waals surface area contributed by atoms with E-state index in [-0.39, 0.29) is 41.0 Å². The summed E-state index contributed by atoms with van der Waals surface area (Å²) >= 11 is 0. The number of ether oxygens (including phenoxy) is 1. The standard InChI is InChI=1S/C37H60N2O6/c1-32(2,13-9-20-12-16-39-27(38)17-20)36(6,43)31-30(45-31)35(5,42)26-18-21-7-8-23-28-24(11-15-34(26,4)37(21,28)44)33(3)14-10-22(40)19-25(33)29(23)41/h20-22,24-27,30-31,39-40,42-44H,7-19,38H2,1-6H3/p+1/t20?,21-,22-,24-,25-,26-,27?,30+,31-,33+,34-,35+,36-,37+/m0/s1. The molecule has 0 aromatic heterocycles. The maximum Gasteiger partial charge on any atom is 0.162 e. The molecule has 0 bridgehead atoms. The molecular formula is C37H61N2O6+. The zero-order valence-corrected chi connectivity index (χ0v) is 28.6. The number of quaternary nitrogens is 1. The Bertz CT molecular complexity index is 1260. The minimum atomic E-state index is -1.24. The first-order chi connectivity index (χ1) is 20.9. The summed E-state index contributed by atoms with van der Waals surface area (Å²) in [6.45, 7) is 13.5. The highest BCUT2D eigenvalue weighted by Gasteiger charge is 2.76. The van der Waals surface area contributed by atoms with Gasteiger partial charge in [0, 0.05) is 17.8 Å². The predicted octanol–water partition coefficient (Wildman–Crippen LogP) is 2.94. The van der Waals surface area contributed by atoms with Crippen molar-refractivity contribution in [1.29, 1.82) is 0 Å². The number of Topliss-reactive ketones (excluding diaryl/α,β-unsaturated/α-hetero) is 1. The molecule has 8 heteroatoms. The van der Waals surface area contributed by atoms with Gasteiger partial charge in [-0.3, -0.25) is 10.5 Å². The lowest BCUT2D eigenvalue weighted by Crippen LogP contribution is -2.94. The maximum atomic E-state index is 14.1. The van der Waals surface area contributed by atoms with Gasteiger partial charge in [0.05, 0.1) is 29.5 Å². The van der Waals surface area contributed by atoms with Gasteiger partial charge in [-0.15, -0.1) is 0 Å². The fourth-order valence-corrected chi connectivity index (χ4v) is 12.4. The van der Waals surface area contributed by atoms with Crippen LogP contribution in [0.2, 0.25) is 0 Å². The third-order valence-electron chi connectivity index (χ3n) is 15.8. The number of aliphatic hydroxyl groups is 4. The van der Waals surface area contributed by atoms with Gasteiger partial charge in [-0.25, -0.2) is 0 Å². The monoisotopic (exact) mass is 629 g/mol. The Hall–Kier alpha value is -0.870. The summed E-state index contributed by atoms with van der Waals surface area (Å²) in [7, 11) is 0. The topological polar surface area (TPSA) is 153 Å². The zero-order chi connectivity index (χ0) is 32.5. The van der Waals surface area contributed by atoms with Gasteiger partial charge in [0.2, 0.25) is 0 Å². The van der Waals surface area contributed by atoms with Gasteiger partial charge in [-0.1, -0.05) is 27.7 Å². The van der Waals surface area contributed by atoms with E-state index >= 15 is 0 Å². The summed E-state index contributed by atoms with van der Waals surface area (Å²) in [6.07, 6.45) is 8.59. The Kier molecular flexibility index (Phi) is 7.49. The number of epoxide rings is 1. The minimum Gasteiger partial charge on any atom is -0.393 e. The largest absolute Gasteiger partial charge is 0.393 e. The third-order valence-corrected chi connectivity index (χ3v) is 15.8. The van der Waals surface area contributed by atoms with Crippen LogP contribution in [0, 0.1) is 45.8 Å². The Morgan fingerprint density at radius 2 is 1.71 bits per heavy atom. The second kappa shape index (κ2) is 10.3. The maximum absolute atomic E-state index is 14.1. The molecule has 8 nitrogen and oxygen atoms in total. The highest BCUT2D eigenvalue weighted by Crippen LogP contribution is 2.73. The summed E-state index contributed by atoms with van der Waals surface area (Å²) in [5.74, 6) is 0.445. The summed E-state index contributed by atoms with van der Waals surface area (Å²) < 4.78 is 6.32. The molecule has 45 heavy (non-hydrogen) atoms. The Morgan fingerprint density at radius 1 is 0.978 bits per heavy atom. The molecule has 2 saturated heterocycles. The van der Waals surface area contributed by atoms with Gasteiger partial charge < -0.3 is 30.5 Å². The van der Waals surface area contributed by atoms with Gasteiger partial charge in [-0.05, 0) is 130 Å². The molecule has 2 aliphatic heterocycles. The molecule has 254 valence electrons. The number of piperidine rings is 1. The Morgan fingerprint density at radius 3 is 2.42 bits per heavy atom. The first-order valence-electron chi connectivity index (χ1n) is 18.3. The number of carbonyl (C=O) groups is 1. The van der Waals surface area contributed by atoms with Crippen molar-refractivity contribution >= 4 is 5.78 Å². The van der Waals surface area contributed by atoms with Crippen LogP contribution < -0.4 is 11.1 Å². The van der Waals surface area contributed by atoms with Crippen LogP contribution in [0.3, 0.4) is 0 Å². The molecule has 8 N–H and O–H groups in total. The van der Waals surface area contributed by atoms with Crippen molar-refractivity contribution in [2.45, 2.75) is 160 Å². The Labute approximate surface area is 269 Å². The van der Waals surface area contributed by atoms with E-state index < -0.39 is 45.9 Å². The molecule has 3 saturated carbocycles. The van der Waals surface area contributed by atoms with Crippen molar-refractivity contribution in [3.63, 3.8) is 0 Å². The van der Waals surface area contributed by atoms with Crippen LogP contribution >= 0.6 is 0 Å². The van der Waals surface area contributed by atoms with E-state index in [1.165, 1.54) is 0 Å². The summed E-state index contributed by atoms with van der Waals surface area (Å²) in [4.78, 5) is 14.1. The van der Waals surface area contributed by atoms with Gasteiger partial charge in [-0.2, -0.15) is 0 Å². The first kappa shape index (κ1) is 32.7. The van der Waals surface area contributed by atoms with E-state index in [1.807, 2.05) is 13.8 Å². The molecule has 0 aromatic rings. The number of fused-ring (bicyclic) bond motifs is 2. The summed E-state index contributed by atoms with van der Waals surface area (Å²) in [5.41, 5.74) is 3.25. The quantitative estimate of drug-likeness (QED) is 0.237. The minimum absolute atomic E-state index is 0.0177. The van der Waals surface area contributed by atoms with Gasteiger partial charge in [0.25, 0.3) is 0 Å². The summed E-state index contributed by atoms with van der Waals surface area (Å²) in [6, 6.07) is 0. The average molecular weight is 630 g/mol. The molecule has 2 unspecified atom stereocenters. The molecule has 7 rings (SSSR count). The van der Waals surface area contributed by atoms with Crippen molar-refractivity contribution < 1.29 is 35.3 Å². The first-order valence-corrected chi connectivity index (χ1v) is 18.3. The van der Waals surface area contributed by atoms with E-state index in [1.54, 1.807) is 0 Å². The van der Waals surface area contributed by atoms with Crippen LogP contribution in [0.4, 0.5) is 0 Å². The molecule has 2 heterocycles. The lowest BCUT2D eigenvalue weighted by Gasteiger charge is -2.63. The number of allylic oxidation sites excluding steroid dienone is 1. The normalized spacial score (nSPS) is 50.4. The van der Waals surface area contributed by atoms with Crippen LogP contribution in [0.5, 0.6) is 0 Å². The number of nitrogens with two attached hydrogens (primary N) is 2. The molecule has 7 aliphatic rings. The van der Waals surface area contributed by atoms with E-state index in [9.17, 15) is 25.2 Å². The molecule has 0 amide bonds. The number of aliphatic hydroxyl groups excluding tert-OH is 1. The van der Waals surface area contributed by atoms with Gasteiger partial charge in [0.1, 0.15) is 18.4 Å². The predicted molar refractivity (Wildman–Crippen MR) is 171 cm³/mol. The molecule has 0 radical (unpaired) electrons. The van der Waals surface area contributed by atoms with E-state index in [0.29, 0.717) is 31.6 Å². The van der Waals surface area contributed by atoms with E-state index in [0.717, 1.165) is 69.1 Å². The zero-order valence-electron chi connectivity index (χ0n) is 28.6. The van der Waals surface area contributed by atoms with Crippen molar-refractivity contribution in [3.05, 3.63) is 11.1 Å². The molecule has 0 spiro atoms. The van der Waals surface area contributed by atoms with Crippen molar-refractivity contribution in [2.75, 3.05) is 6.54 Å². The SMILES string of the molecule is CC(C)(CCC1CC[NH2+]C(N)C1)[C@@](C)(O)[C@H]1O[C@H]1[C@](C)(O)[C@H]1C[C@@H]2CCC3=C4[C@H](CC[C@]1(C)[C@]42O)[C@@]1(C)CC[C@H](O)C[C@H]1C3=O. The van der Waals surface area contributed by atoms with Crippen molar-refractivity contribution in [2.24, 2.45) is 51.6 Å². The van der Waals surface area contributed by atoms with Crippen LogP contribution in [-0.4, -0.2) is 74.0 Å². The molecule has 14 atom stereocenters. The summed E-state index contributed by atoms with van der Waals surface area (Å²) in [5, 5.41) is 50.3. The number of hydrogen-bond donors (Lipinski definition) is 6. The Balaban J connectivity index is 1.14. The molecule has 0 aromatic carbocycles. The smallest absolute Gasteiger partial charge is 0.162 e. The number of rotatable bonds is 7. The number of ketones is 1. The van der Waals surface area contributed by atoms with Crippen LogP contribution in [0.1, 0.15) is 119 Å². The molecule has 5 fully saturated rings. The van der Waals surface area contributed by atoms with Crippen molar-refractivity contribution in [1.82, 2.24) is 0 Å². The van der Waals surface area contributed by atoms with Crippen LogP contribution in [0.15, 0.2) is 11.1 Å². The third kappa shape index (κ3) is 4.44. The van der Waals surface area contributed by atoms with Crippen LogP contribution in [0.25, 0.3) is 0 Å².